The smallest absolute Gasteiger partial charge is 0.269 e. The molecule has 2 aromatic rings. The van der Waals surface area contributed by atoms with Gasteiger partial charge in [-0.3, -0.25) is 9.89 Å². The summed E-state index contributed by atoms with van der Waals surface area (Å²) >= 11 is 5.87. The second-order valence-electron chi connectivity index (χ2n) is 5.76. The molecule has 22 heavy (non-hydrogen) atoms. The number of nitrogens with zero attached hydrogens (tertiary/aromatic N) is 1. The minimum Gasteiger partial charge on any atom is -0.348 e. The van der Waals surface area contributed by atoms with Gasteiger partial charge < -0.3 is 11.1 Å². The Labute approximate surface area is 134 Å². The van der Waals surface area contributed by atoms with Crippen LogP contribution in [-0.2, 0) is 0 Å². The number of amides is 1. The van der Waals surface area contributed by atoms with Crippen LogP contribution in [0, 0.1) is 0 Å². The summed E-state index contributed by atoms with van der Waals surface area (Å²) in [6.45, 7) is 0. The van der Waals surface area contributed by atoms with Gasteiger partial charge in [0.15, 0.2) is 0 Å². The molecule has 1 fully saturated rings. The molecule has 1 aliphatic rings. The van der Waals surface area contributed by atoms with Gasteiger partial charge in [0.1, 0.15) is 5.69 Å². The molecule has 1 saturated carbocycles. The highest BCUT2D eigenvalue weighted by Crippen LogP contribution is 2.21. The van der Waals surface area contributed by atoms with Crippen LogP contribution in [0.2, 0.25) is 5.02 Å². The summed E-state index contributed by atoms with van der Waals surface area (Å²) in [5.74, 6) is -0.117. The number of halogens is 1. The number of aromatic amines is 1. The van der Waals surface area contributed by atoms with E-state index in [9.17, 15) is 4.79 Å². The standard InChI is InChI=1S/C16H19ClN4O/c17-11-3-1-10(2-4-11)14-9-15(21-20-14)16(22)19-13-7-5-12(18)6-8-13/h1-4,9,12-13H,5-8,18H2,(H,19,22)(H,20,21). The third-order valence-corrected chi connectivity index (χ3v) is 4.32. The van der Waals surface area contributed by atoms with Gasteiger partial charge in [0, 0.05) is 22.7 Å². The van der Waals surface area contributed by atoms with Crippen LogP contribution in [0.25, 0.3) is 11.3 Å². The first-order chi connectivity index (χ1) is 10.6. The molecule has 1 amide bonds. The monoisotopic (exact) mass is 318 g/mol. The largest absolute Gasteiger partial charge is 0.348 e. The van der Waals surface area contributed by atoms with E-state index in [0.29, 0.717) is 10.7 Å². The lowest BCUT2D eigenvalue weighted by atomic mass is 9.92. The van der Waals surface area contributed by atoms with Crippen molar-refractivity contribution in [3.05, 3.63) is 41.0 Å². The summed E-state index contributed by atoms with van der Waals surface area (Å²) in [5.41, 5.74) is 8.00. The van der Waals surface area contributed by atoms with Gasteiger partial charge in [-0.1, -0.05) is 23.7 Å². The maximum Gasteiger partial charge on any atom is 0.269 e. The average molecular weight is 319 g/mol. The average Bonchev–Trinajstić information content (AvgIpc) is 3.00. The lowest BCUT2D eigenvalue weighted by molar-refractivity contribution is 0.0921. The number of H-pyrrole nitrogens is 1. The zero-order valence-electron chi connectivity index (χ0n) is 12.2. The normalized spacial score (nSPS) is 21.5. The molecular formula is C16H19ClN4O. The van der Waals surface area contributed by atoms with Crippen molar-refractivity contribution in [3.63, 3.8) is 0 Å². The lowest BCUT2D eigenvalue weighted by Crippen LogP contribution is -2.40. The van der Waals surface area contributed by atoms with Crippen molar-refractivity contribution in [2.45, 2.75) is 37.8 Å². The summed E-state index contributed by atoms with van der Waals surface area (Å²) in [7, 11) is 0. The predicted octanol–water partition coefficient (Wildman–Crippen LogP) is 2.73. The van der Waals surface area contributed by atoms with Crippen molar-refractivity contribution < 1.29 is 4.79 Å². The third-order valence-electron chi connectivity index (χ3n) is 4.07. The van der Waals surface area contributed by atoms with E-state index < -0.39 is 0 Å². The van der Waals surface area contributed by atoms with Gasteiger partial charge in [0.2, 0.25) is 0 Å². The van der Waals surface area contributed by atoms with Crippen molar-refractivity contribution in [2.24, 2.45) is 5.73 Å². The molecular weight excluding hydrogens is 300 g/mol. The summed E-state index contributed by atoms with van der Waals surface area (Å²) in [6, 6.07) is 9.59. The Morgan fingerprint density at radius 2 is 1.91 bits per heavy atom. The first-order valence-corrected chi connectivity index (χ1v) is 7.87. The molecule has 0 unspecified atom stereocenters. The van der Waals surface area contributed by atoms with Crippen LogP contribution in [-0.4, -0.2) is 28.2 Å². The highest BCUT2D eigenvalue weighted by Gasteiger charge is 2.21. The summed E-state index contributed by atoms with van der Waals surface area (Å²) in [4.78, 5) is 12.3. The summed E-state index contributed by atoms with van der Waals surface area (Å²) in [5, 5.41) is 10.7. The Balaban J connectivity index is 1.65. The van der Waals surface area contributed by atoms with Crippen molar-refractivity contribution in [2.75, 3.05) is 0 Å². The molecule has 0 aliphatic heterocycles. The fourth-order valence-electron chi connectivity index (χ4n) is 2.73. The van der Waals surface area contributed by atoms with Crippen molar-refractivity contribution in [3.8, 4) is 11.3 Å². The number of hydrogen-bond acceptors (Lipinski definition) is 3. The topological polar surface area (TPSA) is 83.8 Å². The fourth-order valence-corrected chi connectivity index (χ4v) is 2.86. The third kappa shape index (κ3) is 3.48. The second-order valence-corrected chi connectivity index (χ2v) is 6.20. The Morgan fingerprint density at radius 1 is 1.23 bits per heavy atom. The fraction of sp³-hybridized carbons (Fsp3) is 0.375. The van der Waals surface area contributed by atoms with E-state index in [0.717, 1.165) is 36.9 Å². The molecule has 116 valence electrons. The van der Waals surface area contributed by atoms with Crippen LogP contribution in [0.5, 0.6) is 0 Å². The molecule has 5 nitrogen and oxygen atoms in total. The molecule has 0 spiro atoms. The maximum atomic E-state index is 12.3. The highest BCUT2D eigenvalue weighted by molar-refractivity contribution is 6.30. The molecule has 3 rings (SSSR count). The Kier molecular flexibility index (Phi) is 4.45. The van der Waals surface area contributed by atoms with Gasteiger partial charge in [-0.2, -0.15) is 5.10 Å². The SMILES string of the molecule is NC1CCC(NC(=O)c2cc(-c3ccc(Cl)cc3)n[nH]2)CC1. The molecule has 1 aromatic heterocycles. The van der Waals surface area contributed by atoms with Crippen LogP contribution >= 0.6 is 11.6 Å². The molecule has 0 bridgehead atoms. The molecule has 0 saturated heterocycles. The van der Waals surface area contributed by atoms with Crippen molar-refractivity contribution in [1.82, 2.24) is 15.5 Å². The van der Waals surface area contributed by atoms with Crippen LogP contribution in [0.15, 0.2) is 30.3 Å². The van der Waals surface area contributed by atoms with Gasteiger partial charge >= 0.3 is 0 Å². The molecule has 1 heterocycles. The number of hydrogen-bond donors (Lipinski definition) is 3. The molecule has 6 heteroatoms. The Bertz CT molecular complexity index is 644. The Morgan fingerprint density at radius 3 is 2.59 bits per heavy atom. The number of nitrogens with two attached hydrogens (primary N) is 1. The molecule has 0 radical (unpaired) electrons. The van der Waals surface area contributed by atoms with E-state index in [1.54, 1.807) is 18.2 Å². The molecule has 4 N–H and O–H groups in total. The molecule has 0 atom stereocenters. The van der Waals surface area contributed by atoms with Gasteiger partial charge in [0.25, 0.3) is 5.91 Å². The number of aromatic nitrogens is 2. The number of carbonyl (C=O) groups excluding carboxylic acids is 1. The second kappa shape index (κ2) is 6.50. The Hall–Kier alpha value is -1.85. The van der Waals surface area contributed by atoms with Gasteiger partial charge in [0.05, 0.1) is 5.69 Å². The van der Waals surface area contributed by atoms with E-state index in [4.69, 9.17) is 17.3 Å². The van der Waals surface area contributed by atoms with Crippen LogP contribution in [0.4, 0.5) is 0 Å². The van der Waals surface area contributed by atoms with Crippen LogP contribution in [0.1, 0.15) is 36.2 Å². The van der Waals surface area contributed by atoms with Crippen LogP contribution in [0.3, 0.4) is 0 Å². The van der Waals surface area contributed by atoms with Crippen LogP contribution < -0.4 is 11.1 Å². The number of carbonyl (C=O) groups is 1. The summed E-state index contributed by atoms with van der Waals surface area (Å²) < 4.78 is 0. The van der Waals surface area contributed by atoms with E-state index in [-0.39, 0.29) is 18.0 Å². The zero-order chi connectivity index (χ0) is 15.5. The minimum atomic E-state index is -0.117. The number of nitrogens with one attached hydrogen (secondary N) is 2. The number of benzene rings is 1. The zero-order valence-corrected chi connectivity index (χ0v) is 12.9. The van der Waals surface area contributed by atoms with E-state index in [2.05, 4.69) is 15.5 Å². The predicted molar refractivity (Wildman–Crippen MR) is 86.7 cm³/mol. The van der Waals surface area contributed by atoms with Gasteiger partial charge in [-0.25, -0.2) is 0 Å². The first-order valence-electron chi connectivity index (χ1n) is 7.49. The molecule has 1 aromatic carbocycles. The summed E-state index contributed by atoms with van der Waals surface area (Å²) in [6.07, 6.45) is 3.80. The van der Waals surface area contributed by atoms with E-state index in [1.165, 1.54) is 0 Å². The minimum absolute atomic E-state index is 0.117. The molecule has 1 aliphatic carbocycles. The quantitative estimate of drug-likeness (QED) is 0.813. The van der Waals surface area contributed by atoms with Gasteiger partial charge in [-0.15, -0.1) is 0 Å². The highest BCUT2D eigenvalue weighted by atomic mass is 35.5. The van der Waals surface area contributed by atoms with Crippen molar-refractivity contribution in [1.29, 1.82) is 0 Å². The van der Waals surface area contributed by atoms with Gasteiger partial charge in [-0.05, 0) is 43.9 Å². The maximum absolute atomic E-state index is 12.3. The lowest BCUT2D eigenvalue weighted by Gasteiger charge is -2.26. The first kappa shape index (κ1) is 15.1. The van der Waals surface area contributed by atoms with Crippen molar-refractivity contribution >= 4 is 17.5 Å². The van der Waals surface area contributed by atoms with E-state index >= 15 is 0 Å². The van der Waals surface area contributed by atoms with E-state index in [1.807, 2.05) is 12.1 Å². The number of rotatable bonds is 3.